The third-order valence-corrected chi connectivity index (χ3v) is 4.01. The van der Waals surface area contributed by atoms with E-state index < -0.39 is 0 Å². The molecule has 0 saturated carbocycles. The van der Waals surface area contributed by atoms with Crippen LogP contribution in [0.5, 0.6) is 11.5 Å². The van der Waals surface area contributed by atoms with Crippen molar-refractivity contribution in [2.24, 2.45) is 0 Å². The smallest absolute Gasteiger partial charge is 0.296 e. The number of rotatable bonds is 4. The number of nitrogens with zero attached hydrogens (tertiary/aromatic N) is 4. The van der Waals surface area contributed by atoms with Gasteiger partial charge in [0.2, 0.25) is 4.96 Å². The van der Waals surface area contributed by atoms with E-state index in [1.807, 2.05) is 25.1 Å². The van der Waals surface area contributed by atoms with Crippen molar-refractivity contribution < 1.29 is 9.47 Å². The second-order valence-corrected chi connectivity index (χ2v) is 5.45. The molecule has 0 N–H and O–H groups in total. The molecule has 0 unspecified atom stereocenters. The van der Waals surface area contributed by atoms with Gasteiger partial charge < -0.3 is 9.47 Å². The van der Waals surface area contributed by atoms with E-state index in [9.17, 15) is 4.79 Å². The summed E-state index contributed by atoms with van der Waals surface area (Å²) in [5.74, 6) is 1.29. The molecule has 0 bridgehead atoms. The first-order chi connectivity index (χ1) is 10.6. The standard InChI is InChI=1S/C14H14N4O3S/c1-4-21-10-6-5-9(7-11(10)20-3)12-17-18-13(19)8(2)15-16-14(18)22-12/h5-7H,4H2,1-3H3. The van der Waals surface area contributed by atoms with Crippen molar-refractivity contribution in [1.82, 2.24) is 19.8 Å². The van der Waals surface area contributed by atoms with Gasteiger partial charge in [0.1, 0.15) is 10.7 Å². The molecule has 22 heavy (non-hydrogen) atoms. The van der Waals surface area contributed by atoms with Gasteiger partial charge in [-0.1, -0.05) is 11.3 Å². The van der Waals surface area contributed by atoms with Crippen LogP contribution in [0.4, 0.5) is 0 Å². The summed E-state index contributed by atoms with van der Waals surface area (Å²) >= 11 is 1.29. The van der Waals surface area contributed by atoms with E-state index in [-0.39, 0.29) is 5.56 Å². The summed E-state index contributed by atoms with van der Waals surface area (Å²) in [7, 11) is 1.58. The van der Waals surface area contributed by atoms with Gasteiger partial charge in [0.05, 0.1) is 13.7 Å². The van der Waals surface area contributed by atoms with Crippen molar-refractivity contribution in [2.45, 2.75) is 13.8 Å². The zero-order valence-electron chi connectivity index (χ0n) is 12.4. The fraction of sp³-hybridized carbons (Fsp3) is 0.286. The van der Waals surface area contributed by atoms with Gasteiger partial charge in [-0.3, -0.25) is 4.79 Å². The molecule has 0 atom stereocenters. The van der Waals surface area contributed by atoms with E-state index in [1.54, 1.807) is 14.0 Å². The maximum Gasteiger partial charge on any atom is 0.296 e. The Hall–Kier alpha value is -2.48. The van der Waals surface area contributed by atoms with Crippen LogP contribution in [0.15, 0.2) is 23.0 Å². The van der Waals surface area contributed by atoms with E-state index in [0.717, 1.165) is 5.56 Å². The first-order valence-corrected chi connectivity index (χ1v) is 7.50. The van der Waals surface area contributed by atoms with Gasteiger partial charge in [-0.05, 0) is 32.0 Å². The van der Waals surface area contributed by atoms with E-state index in [2.05, 4.69) is 15.3 Å². The molecule has 0 aliphatic heterocycles. The van der Waals surface area contributed by atoms with Crippen molar-refractivity contribution in [1.29, 1.82) is 0 Å². The summed E-state index contributed by atoms with van der Waals surface area (Å²) in [4.78, 5) is 12.5. The predicted molar refractivity (Wildman–Crippen MR) is 82.8 cm³/mol. The Morgan fingerprint density at radius 3 is 2.82 bits per heavy atom. The minimum absolute atomic E-state index is 0.259. The second kappa shape index (κ2) is 5.72. The van der Waals surface area contributed by atoms with Gasteiger partial charge in [-0.2, -0.15) is 9.61 Å². The SMILES string of the molecule is CCOc1ccc(-c2nn3c(=O)c(C)nnc3s2)cc1OC. The lowest BCUT2D eigenvalue weighted by molar-refractivity contribution is 0.311. The van der Waals surface area contributed by atoms with Crippen molar-refractivity contribution >= 4 is 16.3 Å². The molecule has 2 heterocycles. The number of aryl methyl sites for hydroxylation is 1. The lowest BCUT2D eigenvalue weighted by atomic mass is 10.2. The van der Waals surface area contributed by atoms with Gasteiger partial charge in [-0.15, -0.1) is 10.2 Å². The number of benzene rings is 1. The molecule has 2 aromatic heterocycles. The van der Waals surface area contributed by atoms with E-state index in [1.165, 1.54) is 15.9 Å². The highest BCUT2D eigenvalue weighted by molar-refractivity contribution is 7.19. The molecule has 114 valence electrons. The van der Waals surface area contributed by atoms with Crippen LogP contribution in [0.2, 0.25) is 0 Å². The van der Waals surface area contributed by atoms with E-state index in [0.29, 0.717) is 33.8 Å². The van der Waals surface area contributed by atoms with Crippen LogP contribution < -0.4 is 15.0 Å². The third kappa shape index (κ3) is 2.41. The van der Waals surface area contributed by atoms with E-state index in [4.69, 9.17) is 9.47 Å². The minimum atomic E-state index is -0.259. The number of methoxy groups -OCH3 is 1. The fourth-order valence-electron chi connectivity index (χ4n) is 1.98. The fourth-order valence-corrected chi connectivity index (χ4v) is 2.82. The Kier molecular flexibility index (Phi) is 3.76. The lowest BCUT2D eigenvalue weighted by Crippen LogP contribution is -2.19. The molecular weight excluding hydrogens is 304 g/mol. The molecule has 1 aromatic carbocycles. The normalized spacial score (nSPS) is 10.9. The molecule has 7 nitrogen and oxygen atoms in total. The van der Waals surface area contributed by atoms with Crippen LogP contribution in [-0.4, -0.2) is 33.5 Å². The molecule has 0 radical (unpaired) electrons. The number of hydrogen-bond donors (Lipinski definition) is 0. The van der Waals surface area contributed by atoms with Crippen LogP contribution >= 0.6 is 11.3 Å². The molecule has 3 aromatic rings. The summed E-state index contributed by atoms with van der Waals surface area (Å²) in [6.45, 7) is 4.08. The van der Waals surface area contributed by atoms with Crippen LogP contribution in [0.25, 0.3) is 15.5 Å². The lowest BCUT2D eigenvalue weighted by Gasteiger charge is -2.09. The average Bonchev–Trinajstić information content (AvgIpc) is 2.96. The average molecular weight is 318 g/mol. The third-order valence-electron chi connectivity index (χ3n) is 3.06. The van der Waals surface area contributed by atoms with Gasteiger partial charge in [0, 0.05) is 5.56 Å². The Morgan fingerprint density at radius 1 is 1.27 bits per heavy atom. The van der Waals surface area contributed by atoms with Gasteiger partial charge >= 0.3 is 0 Å². The summed E-state index contributed by atoms with van der Waals surface area (Å²) in [5, 5.41) is 12.8. The van der Waals surface area contributed by atoms with Crippen LogP contribution in [0.3, 0.4) is 0 Å². The summed E-state index contributed by atoms with van der Waals surface area (Å²) in [5.41, 5.74) is 0.886. The molecule has 0 aliphatic rings. The first-order valence-electron chi connectivity index (χ1n) is 6.68. The Labute approximate surface area is 130 Å². The van der Waals surface area contributed by atoms with Gasteiger partial charge in [-0.25, -0.2) is 0 Å². The molecular formula is C14H14N4O3S. The Balaban J connectivity index is 2.11. The summed E-state index contributed by atoms with van der Waals surface area (Å²) < 4.78 is 12.1. The van der Waals surface area contributed by atoms with Crippen molar-refractivity contribution in [3.8, 4) is 22.1 Å². The molecule has 0 saturated heterocycles. The number of hydrogen-bond acceptors (Lipinski definition) is 7. The molecule has 8 heteroatoms. The van der Waals surface area contributed by atoms with Gasteiger partial charge in [0.25, 0.3) is 5.56 Å². The molecule has 3 rings (SSSR count). The topological polar surface area (TPSA) is 78.6 Å². The molecule has 0 fully saturated rings. The number of fused-ring (bicyclic) bond motifs is 1. The van der Waals surface area contributed by atoms with Crippen molar-refractivity contribution in [3.05, 3.63) is 34.2 Å². The zero-order chi connectivity index (χ0) is 15.7. The highest BCUT2D eigenvalue weighted by Gasteiger charge is 2.13. The van der Waals surface area contributed by atoms with Crippen molar-refractivity contribution in [2.75, 3.05) is 13.7 Å². The predicted octanol–water partition coefficient (Wildman–Crippen LogP) is 1.93. The summed E-state index contributed by atoms with van der Waals surface area (Å²) in [6.07, 6.45) is 0. The monoisotopic (exact) mass is 318 g/mol. The number of aromatic nitrogens is 4. The summed E-state index contributed by atoms with van der Waals surface area (Å²) in [6, 6.07) is 5.52. The second-order valence-electron chi connectivity index (χ2n) is 4.49. The minimum Gasteiger partial charge on any atom is -0.493 e. The molecule has 0 spiro atoms. The Morgan fingerprint density at radius 2 is 2.09 bits per heavy atom. The maximum atomic E-state index is 12.0. The van der Waals surface area contributed by atoms with Crippen LogP contribution in [0.1, 0.15) is 12.6 Å². The number of ether oxygens (including phenoxy) is 2. The van der Waals surface area contributed by atoms with Crippen molar-refractivity contribution in [3.63, 3.8) is 0 Å². The first kappa shape index (κ1) is 14.5. The van der Waals surface area contributed by atoms with Crippen LogP contribution in [0, 0.1) is 6.92 Å². The van der Waals surface area contributed by atoms with E-state index >= 15 is 0 Å². The molecule has 0 aliphatic carbocycles. The molecule has 0 amide bonds. The van der Waals surface area contributed by atoms with Crippen LogP contribution in [-0.2, 0) is 0 Å². The Bertz CT molecular complexity index is 887. The maximum absolute atomic E-state index is 12.0. The highest BCUT2D eigenvalue weighted by atomic mass is 32.1. The largest absolute Gasteiger partial charge is 0.493 e. The highest BCUT2D eigenvalue weighted by Crippen LogP contribution is 2.33. The zero-order valence-corrected chi connectivity index (χ0v) is 13.2. The quantitative estimate of drug-likeness (QED) is 0.731. The van der Waals surface area contributed by atoms with Gasteiger partial charge in [0.15, 0.2) is 11.5 Å².